The van der Waals surface area contributed by atoms with Gasteiger partial charge in [-0.15, -0.1) is 0 Å². The van der Waals surface area contributed by atoms with E-state index < -0.39 is 0 Å². The molecule has 0 spiro atoms. The summed E-state index contributed by atoms with van der Waals surface area (Å²) in [5.41, 5.74) is 2.29. The van der Waals surface area contributed by atoms with Gasteiger partial charge in [-0.2, -0.15) is 8.75 Å². The number of hydrogen-bond acceptors (Lipinski definition) is 3. The minimum absolute atomic E-state index is 0.616. The Balaban J connectivity index is 2.79. The molecule has 11 heavy (non-hydrogen) atoms. The molecule has 2 aromatic rings. The predicted octanol–water partition coefficient (Wildman–Crippen LogP) is 2.24. The maximum absolute atomic E-state index is 6.75. The fraction of sp³-hybridized carbons (Fsp3) is 0. The Bertz CT molecular complexity index is 426. The summed E-state index contributed by atoms with van der Waals surface area (Å²) in [6.45, 7) is 6.75. The van der Waals surface area contributed by atoms with Crippen LogP contribution in [-0.4, -0.2) is 8.75 Å². The summed E-state index contributed by atoms with van der Waals surface area (Å²) >= 11 is 1.17. The Kier molecular flexibility index (Phi) is 1.30. The molecule has 0 aliphatic rings. The molecule has 1 aromatic carbocycles. The van der Waals surface area contributed by atoms with Crippen molar-refractivity contribution in [3.63, 3.8) is 0 Å². The molecule has 4 heteroatoms. The van der Waals surface area contributed by atoms with Gasteiger partial charge >= 0.3 is 0 Å². The molecule has 0 saturated heterocycles. The van der Waals surface area contributed by atoms with Crippen molar-refractivity contribution >= 4 is 28.4 Å². The summed E-state index contributed by atoms with van der Waals surface area (Å²) in [6.07, 6.45) is 0. The molecule has 0 fully saturated rings. The summed E-state index contributed by atoms with van der Waals surface area (Å²) in [4.78, 5) is 3.29. The molecule has 0 bridgehead atoms. The van der Waals surface area contributed by atoms with E-state index in [1.807, 2.05) is 6.07 Å². The molecule has 1 heterocycles. The third kappa shape index (κ3) is 0.954. The number of fused-ring (bicyclic) bond motifs is 1. The van der Waals surface area contributed by atoms with Gasteiger partial charge in [-0.05, 0) is 12.1 Å². The van der Waals surface area contributed by atoms with Crippen molar-refractivity contribution in [1.29, 1.82) is 0 Å². The lowest BCUT2D eigenvalue weighted by atomic mass is 10.3. The number of rotatable bonds is 0. The van der Waals surface area contributed by atoms with Gasteiger partial charge in [0.25, 0.3) is 0 Å². The third-order valence-electron chi connectivity index (χ3n) is 1.37. The first-order valence-electron chi connectivity index (χ1n) is 3.00. The van der Waals surface area contributed by atoms with E-state index in [1.165, 1.54) is 11.7 Å². The van der Waals surface area contributed by atoms with Gasteiger partial charge in [-0.3, -0.25) is 0 Å². The number of benzene rings is 1. The molecule has 0 atom stereocenters. The van der Waals surface area contributed by atoms with E-state index in [-0.39, 0.29) is 0 Å². The quantitative estimate of drug-likeness (QED) is 0.554. The molecular weight excluding hydrogens is 158 g/mol. The van der Waals surface area contributed by atoms with Gasteiger partial charge in [0, 0.05) is 0 Å². The van der Waals surface area contributed by atoms with Crippen molar-refractivity contribution in [1.82, 2.24) is 8.75 Å². The Labute approximate surface area is 67.4 Å². The van der Waals surface area contributed by atoms with E-state index in [4.69, 9.17) is 6.57 Å². The first kappa shape index (κ1) is 6.25. The van der Waals surface area contributed by atoms with Crippen molar-refractivity contribution in [3.8, 4) is 0 Å². The fourth-order valence-electron chi connectivity index (χ4n) is 0.840. The smallest absolute Gasteiger partial charge is 0.189 e. The van der Waals surface area contributed by atoms with E-state index >= 15 is 0 Å². The molecule has 0 aliphatic carbocycles. The molecule has 0 amide bonds. The third-order valence-corrected chi connectivity index (χ3v) is 1.92. The maximum Gasteiger partial charge on any atom is 0.189 e. The predicted molar refractivity (Wildman–Crippen MR) is 43.7 cm³/mol. The second-order valence-corrected chi connectivity index (χ2v) is 2.58. The molecule has 0 saturated carbocycles. The van der Waals surface area contributed by atoms with Gasteiger partial charge in [-0.25, -0.2) is 4.85 Å². The zero-order valence-electron chi connectivity index (χ0n) is 5.48. The molecule has 0 N–H and O–H groups in total. The Hall–Kier alpha value is -1.47. The molecule has 3 nitrogen and oxygen atoms in total. The average molecular weight is 161 g/mol. The van der Waals surface area contributed by atoms with Crippen molar-refractivity contribution in [3.05, 3.63) is 29.6 Å². The number of aromatic nitrogens is 2. The molecular formula is C7H3N3S. The summed E-state index contributed by atoms with van der Waals surface area (Å²) in [5, 5.41) is 0. The van der Waals surface area contributed by atoms with Crippen LogP contribution in [0.3, 0.4) is 0 Å². The van der Waals surface area contributed by atoms with Gasteiger partial charge in [-0.1, -0.05) is 6.07 Å². The lowest BCUT2D eigenvalue weighted by molar-refractivity contribution is 1.65. The van der Waals surface area contributed by atoms with Crippen molar-refractivity contribution in [2.75, 3.05) is 0 Å². The first-order chi connectivity index (χ1) is 5.40. The van der Waals surface area contributed by atoms with E-state index in [0.29, 0.717) is 5.69 Å². The molecule has 0 aliphatic heterocycles. The van der Waals surface area contributed by atoms with Crippen molar-refractivity contribution in [2.45, 2.75) is 0 Å². The van der Waals surface area contributed by atoms with E-state index in [2.05, 4.69) is 13.6 Å². The first-order valence-corrected chi connectivity index (χ1v) is 3.73. The van der Waals surface area contributed by atoms with Gasteiger partial charge in [0.05, 0.1) is 23.8 Å². The maximum atomic E-state index is 6.75. The monoisotopic (exact) mass is 161 g/mol. The topological polar surface area (TPSA) is 30.1 Å². The lowest BCUT2D eigenvalue weighted by Gasteiger charge is -1.85. The summed E-state index contributed by atoms with van der Waals surface area (Å²) < 4.78 is 8.04. The molecule has 0 unspecified atom stereocenters. The average Bonchev–Trinajstić information content (AvgIpc) is 2.50. The Morgan fingerprint density at radius 1 is 1.27 bits per heavy atom. The Morgan fingerprint density at radius 3 is 2.91 bits per heavy atom. The molecule has 2 rings (SSSR count). The van der Waals surface area contributed by atoms with Gasteiger partial charge in [0.1, 0.15) is 5.52 Å². The van der Waals surface area contributed by atoms with E-state index in [9.17, 15) is 0 Å². The van der Waals surface area contributed by atoms with Crippen LogP contribution in [0.25, 0.3) is 15.9 Å². The van der Waals surface area contributed by atoms with Crippen LogP contribution in [0.15, 0.2) is 18.2 Å². The highest BCUT2D eigenvalue weighted by molar-refractivity contribution is 7.00. The highest BCUT2D eigenvalue weighted by Gasteiger charge is 1.97. The zero-order chi connectivity index (χ0) is 7.68. The normalized spacial score (nSPS) is 9.73. The lowest BCUT2D eigenvalue weighted by Crippen LogP contribution is -1.66. The SMILES string of the molecule is [C-]#[N+]c1ccc2nsnc2c1. The second kappa shape index (κ2) is 2.29. The minimum atomic E-state index is 0.616. The van der Waals surface area contributed by atoms with Crippen LogP contribution in [0, 0.1) is 6.57 Å². The molecule has 0 radical (unpaired) electrons. The van der Waals surface area contributed by atoms with Crippen LogP contribution < -0.4 is 0 Å². The number of hydrogen-bond donors (Lipinski definition) is 0. The molecule has 1 aromatic heterocycles. The highest BCUT2D eigenvalue weighted by Crippen LogP contribution is 2.18. The fourth-order valence-corrected chi connectivity index (χ4v) is 1.36. The zero-order valence-corrected chi connectivity index (χ0v) is 6.30. The van der Waals surface area contributed by atoms with Crippen LogP contribution in [-0.2, 0) is 0 Å². The molecule has 52 valence electrons. The summed E-state index contributed by atoms with van der Waals surface area (Å²) in [7, 11) is 0. The highest BCUT2D eigenvalue weighted by atomic mass is 32.1. The summed E-state index contributed by atoms with van der Waals surface area (Å²) in [5.74, 6) is 0. The van der Waals surface area contributed by atoms with Crippen molar-refractivity contribution < 1.29 is 0 Å². The van der Waals surface area contributed by atoms with Crippen LogP contribution in [0.4, 0.5) is 5.69 Å². The Morgan fingerprint density at radius 2 is 2.09 bits per heavy atom. The van der Waals surface area contributed by atoms with Gasteiger partial charge in [0.2, 0.25) is 0 Å². The summed E-state index contributed by atoms with van der Waals surface area (Å²) in [6, 6.07) is 5.30. The van der Waals surface area contributed by atoms with Gasteiger partial charge < -0.3 is 0 Å². The van der Waals surface area contributed by atoms with Crippen LogP contribution in [0.1, 0.15) is 0 Å². The van der Waals surface area contributed by atoms with E-state index in [1.54, 1.807) is 12.1 Å². The second-order valence-electron chi connectivity index (χ2n) is 2.05. The van der Waals surface area contributed by atoms with Crippen LogP contribution in [0.5, 0.6) is 0 Å². The van der Waals surface area contributed by atoms with Crippen LogP contribution in [0.2, 0.25) is 0 Å². The van der Waals surface area contributed by atoms with E-state index in [0.717, 1.165) is 11.0 Å². The largest absolute Gasteiger partial charge is 0.238 e. The van der Waals surface area contributed by atoms with Crippen molar-refractivity contribution in [2.24, 2.45) is 0 Å². The van der Waals surface area contributed by atoms with Gasteiger partial charge in [0.15, 0.2) is 5.69 Å². The number of nitrogens with zero attached hydrogens (tertiary/aromatic N) is 3. The standard InChI is InChI=1S/C7H3N3S/c1-8-5-2-3-6-7(4-5)10-11-9-6/h2-4H. The minimum Gasteiger partial charge on any atom is -0.238 e. The van der Waals surface area contributed by atoms with Crippen LogP contribution >= 0.6 is 11.7 Å².